The van der Waals surface area contributed by atoms with E-state index >= 15 is 0 Å². The fraction of sp³-hybridized carbons (Fsp3) is 0.625. The Bertz CT molecular complexity index is 554. The summed E-state index contributed by atoms with van der Waals surface area (Å²) in [7, 11) is 0. The molecule has 0 saturated carbocycles. The number of hydrogen-bond donors (Lipinski definition) is 2. The number of carbonyl (C=O) groups is 2. The molecule has 1 aromatic rings. The van der Waals surface area contributed by atoms with Crippen molar-refractivity contribution in [3.8, 4) is 0 Å². The summed E-state index contributed by atoms with van der Waals surface area (Å²) in [5.74, 6) is -0.00630. The van der Waals surface area contributed by atoms with Gasteiger partial charge in [-0.25, -0.2) is 9.59 Å². The first-order chi connectivity index (χ1) is 10.6. The maximum atomic E-state index is 12.4. The van der Waals surface area contributed by atoms with Crippen LogP contribution in [0, 0.1) is 0 Å². The number of ether oxygens (including phenoxy) is 1. The van der Waals surface area contributed by atoms with E-state index in [4.69, 9.17) is 4.74 Å². The molecule has 22 heavy (non-hydrogen) atoms. The van der Waals surface area contributed by atoms with Crippen molar-refractivity contribution in [2.75, 3.05) is 18.5 Å². The molecule has 6 heteroatoms. The summed E-state index contributed by atoms with van der Waals surface area (Å²) in [5.41, 5.74) is 1.63. The first kappa shape index (κ1) is 16.8. The SMILES string of the molecule is CCCNC(=O)Nc1sc2c(c1C(=O)OCC)[C@H](C)CCC2. The van der Waals surface area contributed by atoms with E-state index in [1.54, 1.807) is 6.92 Å². The van der Waals surface area contributed by atoms with Gasteiger partial charge in [-0.3, -0.25) is 5.32 Å². The number of thiophene rings is 1. The summed E-state index contributed by atoms with van der Waals surface area (Å²) in [5, 5.41) is 6.22. The first-order valence-electron chi connectivity index (χ1n) is 7.95. The monoisotopic (exact) mass is 324 g/mol. The number of esters is 1. The van der Waals surface area contributed by atoms with Crippen LogP contribution in [0.4, 0.5) is 9.80 Å². The maximum absolute atomic E-state index is 12.4. The van der Waals surface area contributed by atoms with Crippen molar-refractivity contribution < 1.29 is 14.3 Å². The molecule has 1 aliphatic rings. The topological polar surface area (TPSA) is 67.4 Å². The van der Waals surface area contributed by atoms with E-state index in [9.17, 15) is 9.59 Å². The Morgan fingerprint density at radius 1 is 1.36 bits per heavy atom. The van der Waals surface area contributed by atoms with Crippen molar-refractivity contribution in [3.63, 3.8) is 0 Å². The normalized spacial score (nSPS) is 16.8. The number of carbonyl (C=O) groups excluding carboxylic acids is 2. The number of rotatable bonds is 5. The van der Waals surface area contributed by atoms with E-state index in [1.165, 1.54) is 16.2 Å². The zero-order valence-corrected chi connectivity index (χ0v) is 14.3. The number of anilines is 1. The van der Waals surface area contributed by atoms with Crippen molar-refractivity contribution in [2.45, 2.75) is 52.4 Å². The predicted octanol–water partition coefficient (Wildman–Crippen LogP) is 3.90. The quantitative estimate of drug-likeness (QED) is 0.807. The molecular weight excluding hydrogens is 300 g/mol. The lowest BCUT2D eigenvalue weighted by molar-refractivity contribution is 0.0526. The highest BCUT2D eigenvalue weighted by atomic mass is 32.1. The van der Waals surface area contributed by atoms with Gasteiger partial charge >= 0.3 is 12.0 Å². The lowest BCUT2D eigenvalue weighted by Crippen LogP contribution is -2.29. The number of amides is 2. The highest BCUT2D eigenvalue weighted by Crippen LogP contribution is 2.43. The molecule has 2 N–H and O–H groups in total. The molecule has 1 heterocycles. The van der Waals surface area contributed by atoms with Gasteiger partial charge in [0.2, 0.25) is 0 Å². The highest BCUT2D eigenvalue weighted by Gasteiger charge is 2.30. The molecule has 1 aromatic heterocycles. The predicted molar refractivity (Wildman–Crippen MR) is 88.9 cm³/mol. The summed E-state index contributed by atoms with van der Waals surface area (Å²) in [6.07, 6.45) is 4.03. The van der Waals surface area contributed by atoms with Crippen molar-refractivity contribution in [3.05, 3.63) is 16.0 Å². The largest absolute Gasteiger partial charge is 0.462 e. The Kier molecular flexibility index (Phi) is 5.83. The van der Waals surface area contributed by atoms with E-state index in [1.807, 2.05) is 6.92 Å². The van der Waals surface area contributed by atoms with Gasteiger partial charge in [0.15, 0.2) is 0 Å². The van der Waals surface area contributed by atoms with Crippen LogP contribution in [0.3, 0.4) is 0 Å². The molecule has 5 nitrogen and oxygen atoms in total. The third-order valence-corrected chi connectivity index (χ3v) is 4.98. The smallest absolute Gasteiger partial charge is 0.341 e. The van der Waals surface area contributed by atoms with Crippen LogP contribution in [-0.2, 0) is 11.2 Å². The molecule has 0 aliphatic heterocycles. The third kappa shape index (κ3) is 3.61. The molecule has 2 rings (SSSR count). The Morgan fingerprint density at radius 3 is 2.82 bits per heavy atom. The third-order valence-electron chi connectivity index (χ3n) is 3.80. The van der Waals surface area contributed by atoms with Crippen molar-refractivity contribution in [1.29, 1.82) is 0 Å². The maximum Gasteiger partial charge on any atom is 0.341 e. The number of hydrogen-bond acceptors (Lipinski definition) is 4. The summed E-state index contributed by atoms with van der Waals surface area (Å²) in [4.78, 5) is 25.5. The van der Waals surface area contributed by atoms with Gasteiger partial charge in [0.1, 0.15) is 5.00 Å². The number of aryl methyl sites for hydroxylation is 1. The molecule has 0 bridgehead atoms. The van der Waals surface area contributed by atoms with Gasteiger partial charge in [-0.15, -0.1) is 11.3 Å². The van der Waals surface area contributed by atoms with Crippen LogP contribution in [0.15, 0.2) is 0 Å². The van der Waals surface area contributed by atoms with Gasteiger partial charge in [0, 0.05) is 11.4 Å². The zero-order chi connectivity index (χ0) is 16.1. The van der Waals surface area contributed by atoms with Crippen molar-refractivity contribution >= 4 is 28.3 Å². The minimum Gasteiger partial charge on any atom is -0.462 e. The second kappa shape index (κ2) is 7.63. The van der Waals surface area contributed by atoms with Crippen molar-refractivity contribution in [2.24, 2.45) is 0 Å². The van der Waals surface area contributed by atoms with Gasteiger partial charge in [0.25, 0.3) is 0 Å². The molecule has 0 aromatic carbocycles. The Hall–Kier alpha value is -1.56. The second-order valence-corrected chi connectivity index (χ2v) is 6.64. The summed E-state index contributed by atoms with van der Waals surface area (Å²) in [6.45, 7) is 6.87. The Balaban J connectivity index is 2.31. The van der Waals surface area contributed by atoms with E-state index in [0.29, 0.717) is 29.6 Å². The van der Waals surface area contributed by atoms with Gasteiger partial charge in [-0.1, -0.05) is 13.8 Å². The molecule has 122 valence electrons. The van der Waals surface area contributed by atoms with Crippen LogP contribution < -0.4 is 10.6 Å². The van der Waals surface area contributed by atoms with E-state index in [2.05, 4.69) is 17.6 Å². The van der Waals surface area contributed by atoms with E-state index in [0.717, 1.165) is 31.2 Å². The van der Waals surface area contributed by atoms with Crippen LogP contribution in [0.1, 0.15) is 66.8 Å². The van der Waals surface area contributed by atoms with Crippen LogP contribution in [0.5, 0.6) is 0 Å². The molecule has 1 aliphatic carbocycles. The van der Waals surface area contributed by atoms with Gasteiger partial charge in [-0.2, -0.15) is 0 Å². The number of urea groups is 1. The average Bonchev–Trinajstić information content (AvgIpc) is 2.84. The van der Waals surface area contributed by atoms with E-state index < -0.39 is 0 Å². The molecule has 0 spiro atoms. The van der Waals surface area contributed by atoms with Gasteiger partial charge in [-0.05, 0) is 44.1 Å². The molecule has 0 unspecified atom stereocenters. The number of nitrogens with one attached hydrogen (secondary N) is 2. The fourth-order valence-corrected chi connectivity index (χ4v) is 4.14. The minimum absolute atomic E-state index is 0.265. The lowest BCUT2D eigenvalue weighted by Gasteiger charge is -2.19. The van der Waals surface area contributed by atoms with E-state index in [-0.39, 0.29) is 12.0 Å². The van der Waals surface area contributed by atoms with Gasteiger partial charge < -0.3 is 10.1 Å². The second-order valence-electron chi connectivity index (χ2n) is 5.54. The van der Waals surface area contributed by atoms with Crippen LogP contribution in [0.2, 0.25) is 0 Å². The fourth-order valence-electron chi connectivity index (χ4n) is 2.79. The molecule has 2 amide bonds. The molecule has 1 atom stereocenters. The molecule has 0 fully saturated rings. The summed E-state index contributed by atoms with van der Waals surface area (Å²) in [6, 6.07) is -0.265. The van der Waals surface area contributed by atoms with Crippen LogP contribution in [0.25, 0.3) is 0 Å². The Morgan fingerprint density at radius 2 is 2.14 bits per heavy atom. The molecular formula is C16H24N2O3S. The van der Waals surface area contributed by atoms with Gasteiger partial charge in [0.05, 0.1) is 12.2 Å². The zero-order valence-electron chi connectivity index (χ0n) is 13.5. The number of fused-ring (bicyclic) bond motifs is 1. The molecule has 0 saturated heterocycles. The summed E-state index contributed by atoms with van der Waals surface area (Å²) < 4.78 is 5.20. The first-order valence-corrected chi connectivity index (χ1v) is 8.77. The molecule has 0 radical (unpaired) electrons. The highest BCUT2D eigenvalue weighted by molar-refractivity contribution is 7.17. The van der Waals surface area contributed by atoms with Crippen molar-refractivity contribution in [1.82, 2.24) is 5.32 Å². The Labute approximate surface area is 135 Å². The standard InChI is InChI=1S/C16H24N2O3S/c1-4-9-17-16(20)18-14-13(15(19)21-5-2)12-10(3)7-6-8-11(12)22-14/h10H,4-9H2,1-3H3,(H2,17,18,20)/t10-/m1/s1. The van der Waals surface area contributed by atoms with Crippen LogP contribution >= 0.6 is 11.3 Å². The summed E-state index contributed by atoms with van der Waals surface area (Å²) >= 11 is 1.51. The minimum atomic E-state index is -0.334. The van der Waals surface area contributed by atoms with Crippen LogP contribution in [-0.4, -0.2) is 25.2 Å². The lowest BCUT2D eigenvalue weighted by atomic mass is 9.86. The average molecular weight is 324 g/mol.